The SMILES string of the molecule is C.CNC(=O)C1C2CC3CC1CC(C(=O)N1CCCCC1C(=O)O)(C3)C2.CNC(=O)C1CCC(C(=O)N2CCCCC2C(=O)O)CC1.CNC(=O)CC1CC2CCC1C2C(=O)N1CCCCC1C(=O)O. The molecule has 18 nitrogen and oxygen atoms in total. The van der Waals surface area contributed by atoms with Crippen LogP contribution in [0.5, 0.6) is 0 Å². The van der Waals surface area contributed by atoms with E-state index in [1.165, 1.54) is 0 Å². The van der Waals surface area contributed by atoms with Gasteiger partial charge in [0.2, 0.25) is 35.4 Å². The van der Waals surface area contributed by atoms with Crippen LogP contribution in [-0.4, -0.2) is 142 Å². The molecule has 10 rings (SSSR count). The summed E-state index contributed by atoms with van der Waals surface area (Å²) < 4.78 is 0. The van der Waals surface area contributed by atoms with Crippen LogP contribution in [-0.2, 0) is 43.2 Å². The highest BCUT2D eigenvalue weighted by Gasteiger charge is 2.61. The van der Waals surface area contributed by atoms with Crippen LogP contribution in [0.25, 0.3) is 0 Å². The Morgan fingerprint density at radius 3 is 1.49 bits per heavy atom. The summed E-state index contributed by atoms with van der Waals surface area (Å²) in [4.78, 5) is 114. The molecule has 0 aromatic rings. The molecule has 392 valence electrons. The number of nitrogens with zero attached hydrogens (tertiary/aromatic N) is 3. The van der Waals surface area contributed by atoms with Crippen LogP contribution < -0.4 is 16.0 Å². The van der Waals surface area contributed by atoms with E-state index in [1.807, 2.05) is 0 Å². The predicted molar refractivity (Wildman–Crippen MR) is 257 cm³/mol. The van der Waals surface area contributed by atoms with Crippen molar-refractivity contribution in [3.05, 3.63) is 0 Å². The first-order valence-corrected chi connectivity index (χ1v) is 26.3. The minimum absolute atomic E-state index is 0. The van der Waals surface area contributed by atoms with Gasteiger partial charge in [0.15, 0.2) is 0 Å². The Morgan fingerprint density at radius 2 is 0.986 bits per heavy atom. The quantitative estimate of drug-likeness (QED) is 0.177. The molecule has 6 N–H and O–H groups in total. The molecule has 3 heterocycles. The van der Waals surface area contributed by atoms with Gasteiger partial charge < -0.3 is 46.0 Å². The number of nitrogens with one attached hydrogen (secondary N) is 3. The van der Waals surface area contributed by atoms with Crippen LogP contribution in [0, 0.1) is 64.6 Å². The van der Waals surface area contributed by atoms with Crippen molar-refractivity contribution in [1.82, 2.24) is 30.7 Å². The molecule has 10 fully saturated rings. The van der Waals surface area contributed by atoms with Gasteiger partial charge in [-0.25, -0.2) is 14.4 Å². The normalized spacial score (nSPS) is 35.9. The van der Waals surface area contributed by atoms with Crippen molar-refractivity contribution in [3.8, 4) is 0 Å². The van der Waals surface area contributed by atoms with Gasteiger partial charge in [-0.15, -0.1) is 0 Å². The van der Waals surface area contributed by atoms with Gasteiger partial charge in [-0.2, -0.15) is 0 Å². The number of carboxylic acids is 3. The lowest BCUT2D eigenvalue weighted by Gasteiger charge is -2.59. The van der Waals surface area contributed by atoms with Crippen LogP contribution in [0.3, 0.4) is 0 Å². The summed E-state index contributed by atoms with van der Waals surface area (Å²) >= 11 is 0. The summed E-state index contributed by atoms with van der Waals surface area (Å²) in [7, 11) is 4.97. The van der Waals surface area contributed by atoms with Gasteiger partial charge >= 0.3 is 17.9 Å². The lowest BCUT2D eigenvalue weighted by atomic mass is 9.45. The summed E-state index contributed by atoms with van der Waals surface area (Å²) in [5.74, 6) is -0.595. The molecule has 7 aliphatic carbocycles. The highest BCUT2D eigenvalue weighted by atomic mass is 16.4. The van der Waals surface area contributed by atoms with Gasteiger partial charge in [0.25, 0.3) is 0 Å². The van der Waals surface area contributed by atoms with Crippen molar-refractivity contribution in [2.45, 2.75) is 167 Å². The lowest BCUT2D eigenvalue weighted by molar-refractivity contribution is -0.174. The van der Waals surface area contributed by atoms with Gasteiger partial charge in [-0.05, 0) is 170 Å². The molecule has 0 spiro atoms. The maximum Gasteiger partial charge on any atom is 0.326 e. The molecule has 70 heavy (non-hydrogen) atoms. The van der Waals surface area contributed by atoms with E-state index in [0.29, 0.717) is 82.8 Å². The Labute approximate surface area is 413 Å². The molecule has 3 aliphatic heterocycles. The molecule has 0 aromatic carbocycles. The number of carbonyl (C=O) groups excluding carboxylic acids is 6. The van der Waals surface area contributed by atoms with Crippen molar-refractivity contribution in [2.24, 2.45) is 64.6 Å². The fourth-order valence-corrected chi connectivity index (χ4v) is 15.2. The van der Waals surface area contributed by atoms with E-state index in [2.05, 4.69) is 16.0 Å². The second kappa shape index (κ2) is 23.6. The second-order valence-electron chi connectivity index (χ2n) is 22.1. The van der Waals surface area contributed by atoms with E-state index >= 15 is 0 Å². The van der Waals surface area contributed by atoms with Crippen molar-refractivity contribution in [2.75, 3.05) is 40.8 Å². The molecule has 18 heteroatoms. The van der Waals surface area contributed by atoms with Crippen LogP contribution in [0.15, 0.2) is 0 Å². The molecular formula is C52H82N6O12. The number of aliphatic carboxylic acids is 3. The Hall–Kier alpha value is -4.77. The maximum atomic E-state index is 13.5. The molecular weight excluding hydrogens is 901 g/mol. The van der Waals surface area contributed by atoms with E-state index in [-0.39, 0.29) is 90.2 Å². The average Bonchev–Trinajstić information content (AvgIpc) is 3.93. The Kier molecular flexibility index (Phi) is 18.4. The number of fused-ring (bicyclic) bond motifs is 2. The minimum Gasteiger partial charge on any atom is -0.480 e. The number of likely N-dealkylation sites (tertiary alicyclic amines) is 3. The zero-order valence-electron chi connectivity index (χ0n) is 41.0. The summed E-state index contributed by atoms with van der Waals surface area (Å²) in [6.07, 6.45) is 17.7. The monoisotopic (exact) mass is 983 g/mol. The molecule has 10 aliphatic rings. The number of carbonyl (C=O) groups is 9. The highest BCUT2D eigenvalue weighted by Crippen LogP contribution is 2.63. The van der Waals surface area contributed by atoms with Crippen molar-refractivity contribution in [1.29, 1.82) is 0 Å². The number of hydrogen-bond acceptors (Lipinski definition) is 9. The number of piperidine rings is 3. The zero-order valence-corrected chi connectivity index (χ0v) is 41.0. The van der Waals surface area contributed by atoms with Gasteiger partial charge in [0.1, 0.15) is 18.1 Å². The van der Waals surface area contributed by atoms with Gasteiger partial charge in [0.05, 0.1) is 5.41 Å². The van der Waals surface area contributed by atoms with Crippen molar-refractivity contribution < 1.29 is 58.5 Å². The summed E-state index contributed by atoms with van der Waals surface area (Å²) in [5.41, 5.74) is -0.411. The highest BCUT2D eigenvalue weighted by molar-refractivity contribution is 5.90. The Morgan fingerprint density at radius 1 is 0.500 bits per heavy atom. The third-order valence-electron chi connectivity index (χ3n) is 18.2. The second-order valence-corrected chi connectivity index (χ2v) is 22.1. The first kappa shape index (κ1) is 54.6. The molecule has 6 amide bonds. The van der Waals surface area contributed by atoms with Gasteiger partial charge in [-0.3, -0.25) is 28.8 Å². The van der Waals surface area contributed by atoms with Crippen LogP contribution in [0.2, 0.25) is 0 Å². The van der Waals surface area contributed by atoms with Gasteiger partial charge in [-0.1, -0.05) is 7.43 Å². The van der Waals surface area contributed by atoms with E-state index in [1.54, 1.807) is 35.8 Å². The molecule has 7 saturated carbocycles. The van der Waals surface area contributed by atoms with Crippen molar-refractivity contribution >= 4 is 53.4 Å². The summed E-state index contributed by atoms with van der Waals surface area (Å²) in [6.45, 7) is 1.67. The first-order chi connectivity index (χ1) is 33.0. The van der Waals surface area contributed by atoms with E-state index in [0.717, 1.165) is 89.9 Å². The topological polar surface area (TPSA) is 260 Å². The molecule has 9 unspecified atom stereocenters. The number of rotatable bonds is 10. The lowest BCUT2D eigenvalue weighted by Crippen LogP contribution is -2.61. The van der Waals surface area contributed by atoms with Crippen LogP contribution >= 0.6 is 0 Å². The minimum atomic E-state index is -0.901. The molecule has 9 atom stereocenters. The van der Waals surface area contributed by atoms with Crippen LogP contribution in [0.4, 0.5) is 0 Å². The van der Waals surface area contributed by atoms with E-state index in [4.69, 9.17) is 0 Å². The number of amides is 6. The predicted octanol–water partition coefficient (Wildman–Crippen LogP) is 4.53. The van der Waals surface area contributed by atoms with E-state index < -0.39 is 41.4 Å². The third kappa shape index (κ3) is 11.5. The molecule has 0 aromatic heterocycles. The average molecular weight is 983 g/mol. The molecule has 3 saturated heterocycles. The summed E-state index contributed by atoms with van der Waals surface area (Å²) in [6, 6.07) is -1.99. The third-order valence-corrected chi connectivity index (χ3v) is 18.2. The van der Waals surface area contributed by atoms with E-state index in [9.17, 15) is 58.5 Å². The molecule has 6 bridgehead atoms. The largest absolute Gasteiger partial charge is 0.480 e. The fourth-order valence-electron chi connectivity index (χ4n) is 15.2. The first-order valence-electron chi connectivity index (χ1n) is 26.3. The summed E-state index contributed by atoms with van der Waals surface area (Å²) in [5, 5.41) is 36.3. The standard InChI is InChI=1S/C19H28N2O4.C17H26N2O4.C15H24N2O4.CH4/c1-20-16(22)15-12-6-11-7-13(15)10-19(8-11,9-12)18(25)21-5-3-2-4-14(21)17(23)24;1-18-14(20)9-11-8-10-5-6-12(11)15(10)16(21)19-7-3-2-4-13(19)17(22)23;1-16-13(18)10-5-7-11(8-6-10)14(19)17-9-3-2-4-12(17)15(20)21;/h11-15H,2-10H2,1H3,(H,20,22)(H,23,24);10-13,15H,2-9H2,1H3,(H,18,20)(H,22,23);10-12H,2-9H2,1H3,(H,16,18)(H,20,21);1H4. The smallest absolute Gasteiger partial charge is 0.326 e. The fraction of sp³-hybridized carbons (Fsp3) is 0.827. The van der Waals surface area contributed by atoms with Crippen LogP contribution in [0.1, 0.15) is 149 Å². The Balaban J connectivity index is 0.000000172. The van der Waals surface area contributed by atoms with Gasteiger partial charge in [0, 0.05) is 70.9 Å². The van der Waals surface area contributed by atoms with Crippen molar-refractivity contribution in [3.63, 3.8) is 0 Å². The maximum absolute atomic E-state index is 13.5. The Bertz CT molecular complexity index is 1940. The zero-order chi connectivity index (χ0) is 49.7. The number of carboxylic acid groups (broad SMARTS) is 3. The number of hydrogen-bond donors (Lipinski definition) is 6. The molecule has 0 radical (unpaired) electrons.